The second-order valence-electron chi connectivity index (χ2n) is 9.21. The number of rotatable bonds is 4. The van der Waals surface area contributed by atoms with Crippen molar-refractivity contribution in [1.82, 2.24) is 19.9 Å². The number of imidazole rings is 1. The van der Waals surface area contributed by atoms with E-state index in [-0.39, 0.29) is 11.5 Å². The Morgan fingerprint density at radius 2 is 1.92 bits per heavy atom. The second kappa shape index (κ2) is 7.94. The van der Waals surface area contributed by atoms with Crippen LogP contribution in [0.1, 0.15) is 29.5 Å². The number of hydrogen-bond acceptors (Lipinski definition) is 5. The van der Waals surface area contributed by atoms with Crippen LogP contribution in [0.25, 0.3) is 22.4 Å². The molecule has 0 atom stereocenters. The van der Waals surface area contributed by atoms with Crippen molar-refractivity contribution < 1.29 is 18.0 Å². The number of anilines is 3. The van der Waals surface area contributed by atoms with Gasteiger partial charge >= 0.3 is 12.2 Å². The van der Waals surface area contributed by atoms with E-state index in [2.05, 4.69) is 25.3 Å². The van der Waals surface area contributed by atoms with Crippen LogP contribution in [0.3, 0.4) is 0 Å². The summed E-state index contributed by atoms with van der Waals surface area (Å²) in [7, 11) is 1.68. The van der Waals surface area contributed by atoms with Gasteiger partial charge in [-0.15, -0.1) is 0 Å². The Morgan fingerprint density at radius 1 is 1.11 bits per heavy atom. The van der Waals surface area contributed by atoms with Crippen molar-refractivity contribution in [2.45, 2.75) is 38.5 Å². The number of aryl methyl sites for hydroxylation is 1. The minimum absolute atomic E-state index is 0.238. The molecule has 6 rings (SSSR count). The number of benzene rings is 2. The van der Waals surface area contributed by atoms with Crippen molar-refractivity contribution in [2.24, 2.45) is 0 Å². The maximum atomic E-state index is 13.3. The molecule has 0 radical (unpaired) electrons. The number of nitrogens with zero attached hydrogens (tertiary/aromatic N) is 5. The first-order valence-corrected chi connectivity index (χ1v) is 11.5. The summed E-state index contributed by atoms with van der Waals surface area (Å²) in [5.41, 5.74) is 2.98. The highest BCUT2D eigenvalue weighted by molar-refractivity contribution is 6.05. The summed E-state index contributed by atoms with van der Waals surface area (Å²) in [5, 5.41) is 3.26. The highest BCUT2D eigenvalue weighted by Crippen LogP contribution is 2.35. The smallest absolute Gasteiger partial charge is 0.351 e. The van der Waals surface area contributed by atoms with Crippen molar-refractivity contribution in [2.75, 3.05) is 22.2 Å². The molecule has 1 aliphatic carbocycles. The zero-order valence-electron chi connectivity index (χ0n) is 19.5. The topological polar surface area (TPSA) is 90.0 Å². The predicted molar refractivity (Wildman–Crippen MR) is 130 cm³/mol. The van der Waals surface area contributed by atoms with Crippen molar-refractivity contribution in [3.8, 4) is 11.4 Å². The molecule has 2 aromatic heterocycles. The average molecular weight is 493 g/mol. The largest absolute Gasteiger partial charge is 0.416 e. The molecule has 2 aromatic carbocycles. The maximum absolute atomic E-state index is 13.3. The third kappa shape index (κ3) is 3.90. The van der Waals surface area contributed by atoms with E-state index in [4.69, 9.17) is 0 Å². The average Bonchev–Trinajstić information content (AvgIpc) is 3.55. The molecule has 0 bridgehead atoms. The van der Waals surface area contributed by atoms with Gasteiger partial charge in [0.25, 0.3) is 0 Å². The van der Waals surface area contributed by atoms with Gasteiger partial charge in [-0.3, -0.25) is 9.80 Å². The SMILES string of the molecule is Cc1ccc(-c2nc3ccc(C(F)(F)F)cc3[nH]2)cc1N1Cc2cnc(NC3CC3)nc2N(C)C1=O. The Kier molecular flexibility index (Phi) is 4.92. The van der Waals surface area contributed by atoms with Crippen LogP contribution < -0.4 is 15.1 Å². The van der Waals surface area contributed by atoms with Crippen LogP contribution in [0, 0.1) is 6.92 Å². The number of H-pyrrole nitrogens is 1. The molecule has 4 aromatic rings. The van der Waals surface area contributed by atoms with Crippen molar-refractivity contribution in [3.63, 3.8) is 0 Å². The van der Waals surface area contributed by atoms with Crippen LogP contribution in [0.5, 0.6) is 0 Å². The van der Waals surface area contributed by atoms with Gasteiger partial charge in [0.15, 0.2) is 0 Å². The Labute approximate surface area is 204 Å². The summed E-state index contributed by atoms with van der Waals surface area (Å²) in [6.45, 7) is 2.19. The van der Waals surface area contributed by atoms with Crippen LogP contribution in [0.2, 0.25) is 0 Å². The molecule has 8 nitrogen and oxygen atoms in total. The van der Waals surface area contributed by atoms with E-state index in [1.54, 1.807) is 18.1 Å². The number of urea groups is 1. The quantitative estimate of drug-likeness (QED) is 0.392. The zero-order chi connectivity index (χ0) is 25.2. The molecule has 11 heteroatoms. The molecular weight excluding hydrogens is 471 g/mol. The molecule has 36 heavy (non-hydrogen) atoms. The molecule has 2 aliphatic rings. The Morgan fingerprint density at radius 3 is 2.67 bits per heavy atom. The number of amides is 2. The van der Waals surface area contributed by atoms with E-state index in [0.717, 1.165) is 36.1 Å². The number of aromatic amines is 1. The number of carbonyl (C=O) groups is 1. The number of alkyl halides is 3. The van der Waals surface area contributed by atoms with E-state index in [1.165, 1.54) is 11.0 Å². The van der Waals surface area contributed by atoms with Gasteiger partial charge < -0.3 is 10.3 Å². The van der Waals surface area contributed by atoms with Crippen molar-refractivity contribution in [1.29, 1.82) is 0 Å². The van der Waals surface area contributed by atoms with Gasteiger partial charge in [-0.05, 0) is 49.6 Å². The van der Waals surface area contributed by atoms with Gasteiger partial charge in [-0.25, -0.2) is 14.8 Å². The summed E-state index contributed by atoms with van der Waals surface area (Å²) in [6.07, 6.45) is -0.522. The van der Waals surface area contributed by atoms with Crippen LogP contribution in [-0.4, -0.2) is 39.1 Å². The summed E-state index contributed by atoms with van der Waals surface area (Å²) in [6, 6.07) is 9.07. The molecule has 1 fully saturated rings. The first kappa shape index (κ1) is 22.3. The summed E-state index contributed by atoms with van der Waals surface area (Å²) in [4.78, 5) is 32.9. The lowest BCUT2D eigenvalue weighted by atomic mass is 10.1. The summed E-state index contributed by atoms with van der Waals surface area (Å²) >= 11 is 0. The minimum Gasteiger partial charge on any atom is -0.351 e. The molecule has 1 aliphatic heterocycles. The van der Waals surface area contributed by atoms with E-state index < -0.39 is 11.7 Å². The van der Waals surface area contributed by atoms with Crippen LogP contribution in [-0.2, 0) is 12.7 Å². The monoisotopic (exact) mass is 493 g/mol. The third-order valence-electron chi connectivity index (χ3n) is 6.50. The summed E-state index contributed by atoms with van der Waals surface area (Å²) < 4.78 is 39.3. The first-order valence-electron chi connectivity index (χ1n) is 11.5. The van der Waals surface area contributed by atoms with Crippen molar-refractivity contribution >= 4 is 34.5 Å². The number of nitrogens with one attached hydrogen (secondary N) is 2. The fraction of sp³-hybridized carbons (Fsp3) is 0.280. The second-order valence-corrected chi connectivity index (χ2v) is 9.21. The minimum atomic E-state index is -4.44. The molecular formula is C25H22F3N7O. The van der Waals surface area contributed by atoms with Gasteiger partial charge in [0.2, 0.25) is 5.95 Å². The highest BCUT2D eigenvalue weighted by Gasteiger charge is 2.33. The number of carbonyl (C=O) groups excluding carboxylic acids is 1. The van der Waals surface area contributed by atoms with Gasteiger partial charge in [0.1, 0.15) is 11.6 Å². The van der Waals surface area contributed by atoms with Crippen LogP contribution in [0.15, 0.2) is 42.6 Å². The number of hydrogen-bond donors (Lipinski definition) is 2. The Hall–Kier alpha value is -4.15. The standard InChI is InChI=1S/C25H22F3N7O/c1-13-3-4-14(21-31-18-8-5-16(25(26,27)28)10-19(18)32-21)9-20(13)35-12-15-11-29-23(30-17-6-7-17)33-22(15)34(2)24(35)36/h3-5,8-11,17H,6-7,12H2,1-2H3,(H,31,32)(H,29,30,33). The fourth-order valence-corrected chi connectivity index (χ4v) is 4.35. The van der Waals surface area contributed by atoms with E-state index >= 15 is 0 Å². The summed E-state index contributed by atoms with van der Waals surface area (Å²) in [5.74, 6) is 1.50. The molecule has 0 saturated heterocycles. The van der Waals surface area contributed by atoms with Gasteiger partial charge in [-0.2, -0.15) is 18.2 Å². The van der Waals surface area contributed by atoms with E-state index in [9.17, 15) is 18.0 Å². The molecule has 0 spiro atoms. The maximum Gasteiger partial charge on any atom is 0.416 e. The third-order valence-corrected chi connectivity index (χ3v) is 6.50. The molecule has 3 heterocycles. The lowest BCUT2D eigenvalue weighted by molar-refractivity contribution is -0.137. The Balaban J connectivity index is 1.34. The lowest BCUT2D eigenvalue weighted by Crippen LogP contribution is -2.46. The predicted octanol–water partition coefficient (Wildman–Crippen LogP) is 5.50. The van der Waals surface area contributed by atoms with Crippen LogP contribution >= 0.6 is 0 Å². The molecule has 0 unspecified atom stereocenters. The fourth-order valence-electron chi connectivity index (χ4n) is 4.35. The Bertz CT molecular complexity index is 1510. The number of halogens is 3. The lowest BCUT2D eigenvalue weighted by Gasteiger charge is -2.35. The number of fused-ring (bicyclic) bond motifs is 2. The normalized spacial score (nSPS) is 16.0. The molecule has 184 valence electrons. The van der Waals surface area contributed by atoms with Crippen molar-refractivity contribution in [3.05, 3.63) is 59.3 Å². The van der Waals surface area contributed by atoms with Crippen LogP contribution in [0.4, 0.5) is 35.4 Å². The highest BCUT2D eigenvalue weighted by atomic mass is 19.4. The molecule has 2 amide bonds. The van der Waals surface area contributed by atoms with Gasteiger partial charge in [0.05, 0.1) is 23.1 Å². The first-order chi connectivity index (χ1) is 17.2. The van der Waals surface area contributed by atoms with Gasteiger partial charge in [-0.1, -0.05) is 12.1 Å². The molecule has 1 saturated carbocycles. The molecule has 2 N–H and O–H groups in total. The van der Waals surface area contributed by atoms with E-state index in [0.29, 0.717) is 46.9 Å². The zero-order valence-corrected chi connectivity index (χ0v) is 19.5. The number of aromatic nitrogens is 4. The van der Waals surface area contributed by atoms with E-state index in [1.807, 2.05) is 25.1 Å². The van der Waals surface area contributed by atoms with Gasteiger partial charge in [0, 0.05) is 36.1 Å².